The molecule has 0 unspecified atom stereocenters. The predicted molar refractivity (Wildman–Crippen MR) is 113 cm³/mol. The highest BCUT2D eigenvalue weighted by molar-refractivity contribution is 6.19. The van der Waals surface area contributed by atoms with Gasteiger partial charge in [-0.1, -0.05) is 60.7 Å². The van der Waals surface area contributed by atoms with Crippen molar-refractivity contribution in [2.75, 3.05) is 0 Å². The van der Waals surface area contributed by atoms with E-state index in [2.05, 4.69) is 96.5 Å². The Labute approximate surface area is 156 Å². The number of benzene rings is 4. The van der Waals surface area contributed by atoms with Crippen LogP contribution in [0.3, 0.4) is 0 Å². The van der Waals surface area contributed by atoms with E-state index in [9.17, 15) is 0 Å². The summed E-state index contributed by atoms with van der Waals surface area (Å²) in [5, 5.41) is 4.91. The molecule has 2 nitrogen and oxygen atoms in total. The van der Waals surface area contributed by atoms with E-state index in [0.717, 1.165) is 11.2 Å². The average Bonchev–Trinajstić information content (AvgIpc) is 3.23. The van der Waals surface area contributed by atoms with Gasteiger partial charge in [0.1, 0.15) is 11.2 Å². The summed E-state index contributed by atoms with van der Waals surface area (Å²) in [7, 11) is 2.12. The Morgan fingerprint density at radius 2 is 1.44 bits per heavy atom. The first-order valence-electron chi connectivity index (χ1n) is 9.19. The lowest BCUT2D eigenvalue weighted by Gasteiger charge is -2.03. The Hall–Kier alpha value is -3.52. The molecule has 0 amide bonds. The smallest absolute Gasteiger partial charge is 0.137 e. The van der Waals surface area contributed by atoms with E-state index in [1.807, 2.05) is 0 Å². The number of aryl methyl sites for hydroxylation is 1. The van der Waals surface area contributed by atoms with Crippen molar-refractivity contribution in [3.05, 3.63) is 84.9 Å². The molecule has 2 heterocycles. The molecule has 0 saturated heterocycles. The summed E-state index contributed by atoms with van der Waals surface area (Å²) in [6, 6.07) is 29.9. The number of fused-ring (bicyclic) bond motifs is 6. The van der Waals surface area contributed by atoms with Crippen molar-refractivity contribution in [3.63, 3.8) is 0 Å². The lowest BCUT2D eigenvalue weighted by Crippen LogP contribution is -1.85. The fourth-order valence-electron chi connectivity index (χ4n) is 4.34. The van der Waals surface area contributed by atoms with Crippen molar-refractivity contribution in [1.82, 2.24) is 4.57 Å². The predicted octanol–water partition coefficient (Wildman–Crippen LogP) is 6.90. The van der Waals surface area contributed by atoms with Gasteiger partial charge in [0.05, 0.1) is 5.52 Å². The van der Waals surface area contributed by atoms with Gasteiger partial charge >= 0.3 is 0 Å². The molecular formula is C25H17NO. The molecule has 0 aliphatic rings. The molecule has 0 radical (unpaired) electrons. The van der Waals surface area contributed by atoms with Crippen molar-refractivity contribution in [2.45, 2.75) is 0 Å². The molecule has 4 aromatic carbocycles. The maximum absolute atomic E-state index is 6.26. The summed E-state index contributed by atoms with van der Waals surface area (Å²) in [6.07, 6.45) is 0. The van der Waals surface area contributed by atoms with Gasteiger partial charge < -0.3 is 8.98 Å². The molecule has 0 aliphatic carbocycles. The van der Waals surface area contributed by atoms with Crippen LogP contribution in [0.5, 0.6) is 0 Å². The molecule has 2 aromatic heterocycles. The number of hydrogen-bond donors (Lipinski definition) is 0. The van der Waals surface area contributed by atoms with Gasteiger partial charge in [0, 0.05) is 40.2 Å². The molecule has 128 valence electrons. The van der Waals surface area contributed by atoms with Gasteiger partial charge in [0.2, 0.25) is 0 Å². The van der Waals surface area contributed by atoms with E-state index in [4.69, 9.17) is 4.42 Å². The third-order valence-electron chi connectivity index (χ3n) is 5.62. The minimum atomic E-state index is 0.936. The monoisotopic (exact) mass is 347 g/mol. The van der Waals surface area contributed by atoms with Crippen LogP contribution in [-0.4, -0.2) is 4.57 Å². The highest BCUT2D eigenvalue weighted by Gasteiger charge is 2.16. The average molecular weight is 347 g/mol. The van der Waals surface area contributed by atoms with Crippen molar-refractivity contribution < 1.29 is 4.42 Å². The van der Waals surface area contributed by atoms with Gasteiger partial charge in [-0.3, -0.25) is 0 Å². The van der Waals surface area contributed by atoms with E-state index in [0.29, 0.717) is 0 Å². The fraction of sp³-hybridized carbons (Fsp3) is 0.0400. The molecule has 0 bridgehead atoms. The minimum absolute atomic E-state index is 0.936. The quantitative estimate of drug-likeness (QED) is 0.316. The Morgan fingerprint density at radius 1 is 0.630 bits per heavy atom. The molecule has 0 saturated carbocycles. The largest absolute Gasteiger partial charge is 0.456 e. The molecule has 0 fully saturated rings. The van der Waals surface area contributed by atoms with Crippen LogP contribution in [0.1, 0.15) is 0 Å². The zero-order chi connectivity index (χ0) is 18.0. The van der Waals surface area contributed by atoms with Crippen LogP contribution in [0, 0.1) is 0 Å². The Kier molecular flexibility index (Phi) is 2.84. The first-order valence-corrected chi connectivity index (χ1v) is 9.19. The second kappa shape index (κ2) is 5.24. The summed E-state index contributed by atoms with van der Waals surface area (Å²) in [6.45, 7) is 0. The van der Waals surface area contributed by atoms with E-state index >= 15 is 0 Å². The summed E-state index contributed by atoms with van der Waals surface area (Å²) in [4.78, 5) is 0. The van der Waals surface area contributed by atoms with Gasteiger partial charge in [-0.25, -0.2) is 0 Å². The minimum Gasteiger partial charge on any atom is -0.456 e. The Balaban J connectivity index is 1.80. The van der Waals surface area contributed by atoms with Gasteiger partial charge in [-0.2, -0.15) is 0 Å². The van der Waals surface area contributed by atoms with E-state index in [1.54, 1.807) is 0 Å². The summed E-state index contributed by atoms with van der Waals surface area (Å²) in [5.41, 5.74) is 6.74. The van der Waals surface area contributed by atoms with Crippen molar-refractivity contribution in [2.24, 2.45) is 7.05 Å². The number of aromatic nitrogens is 1. The fourth-order valence-corrected chi connectivity index (χ4v) is 4.34. The standard InChI is InChI=1S/C25H17NO/c1-26-21-12-6-5-10-18(21)19-14-20-24(15-22(19)26)27-23-13-7-11-17(25(20)23)16-8-3-2-4-9-16/h2-15H,1H3. The van der Waals surface area contributed by atoms with Crippen molar-refractivity contribution >= 4 is 43.7 Å². The lowest BCUT2D eigenvalue weighted by molar-refractivity contribution is 0.669. The SMILES string of the molecule is Cn1c2ccccc2c2cc3c(cc21)oc1cccc(-c2ccccc2)c13. The van der Waals surface area contributed by atoms with Crippen LogP contribution in [0.25, 0.3) is 54.9 Å². The normalized spacial score (nSPS) is 11.9. The van der Waals surface area contributed by atoms with Crippen LogP contribution in [0.2, 0.25) is 0 Å². The molecular weight excluding hydrogens is 330 g/mol. The van der Waals surface area contributed by atoms with Crippen LogP contribution >= 0.6 is 0 Å². The van der Waals surface area contributed by atoms with Crippen LogP contribution in [-0.2, 0) is 7.05 Å². The second-order valence-electron chi connectivity index (χ2n) is 7.09. The Morgan fingerprint density at radius 3 is 2.33 bits per heavy atom. The summed E-state index contributed by atoms with van der Waals surface area (Å²) in [5.74, 6) is 0. The topological polar surface area (TPSA) is 18.1 Å². The van der Waals surface area contributed by atoms with Gasteiger partial charge in [-0.15, -0.1) is 0 Å². The van der Waals surface area contributed by atoms with Crippen LogP contribution in [0.4, 0.5) is 0 Å². The van der Waals surface area contributed by atoms with E-state index < -0.39 is 0 Å². The highest BCUT2D eigenvalue weighted by Crippen LogP contribution is 2.40. The van der Waals surface area contributed by atoms with Crippen LogP contribution in [0.15, 0.2) is 89.3 Å². The Bertz CT molecular complexity index is 1470. The molecule has 6 aromatic rings. The molecule has 2 heteroatoms. The van der Waals surface area contributed by atoms with E-state index in [-0.39, 0.29) is 0 Å². The molecule has 0 spiro atoms. The third kappa shape index (κ3) is 1.95. The maximum atomic E-state index is 6.26. The summed E-state index contributed by atoms with van der Waals surface area (Å²) >= 11 is 0. The van der Waals surface area contributed by atoms with Crippen molar-refractivity contribution in [3.8, 4) is 11.1 Å². The first-order chi connectivity index (χ1) is 13.3. The molecule has 0 atom stereocenters. The molecule has 27 heavy (non-hydrogen) atoms. The third-order valence-corrected chi connectivity index (χ3v) is 5.62. The van der Waals surface area contributed by atoms with Crippen molar-refractivity contribution in [1.29, 1.82) is 0 Å². The first kappa shape index (κ1) is 14.6. The van der Waals surface area contributed by atoms with Gasteiger partial charge in [-0.05, 0) is 29.3 Å². The zero-order valence-corrected chi connectivity index (χ0v) is 14.9. The number of hydrogen-bond acceptors (Lipinski definition) is 1. The molecule has 0 N–H and O–H groups in total. The van der Waals surface area contributed by atoms with Crippen LogP contribution < -0.4 is 0 Å². The lowest BCUT2D eigenvalue weighted by atomic mass is 9.99. The van der Waals surface area contributed by atoms with Gasteiger partial charge in [0.25, 0.3) is 0 Å². The summed E-state index contributed by atoms with van der Waals surface area (Å²) < 4.78 is 8.51. The maximum Gasteiger partial charge on any atom is 0.137 e. The second-order valence-corrected chi connectivity index (χ2v) is 7.09. The van der Waals surface area contributed by atoms with E-state index in [1.165, 1.54) is 43.7 Å². The number of furan rings is 1. The van der Waals surface area contributed by atoms with Gasteiger partial charge in [0.15, 0.2) is 0 Å². The number of para-hydroxylation sites is 1. The highest BCUT2D eigenvalue weighted by atomic mass is 16.3. The molecule has 6 rings (SSSR count). The molecule has 0 aliphatic heterocycles. The number of nitrogens with zero attached hydrogens (tertiary/aromatic N) is 1. The zero-order valence-electron chi connectivity index (χ0n) is 14.9. The number of rotatable bonds is 1.